The van der Waals surface area contributed by atoms with Crippen LogP contribution in [0.25, 0.3) is 0 Å². The predicted octanol–water partition coefficient (Wildman–Crippen LogP) is 3.48. The lowest BCUT2D eigenvalue weighted by molar-refractivity contribution is -0.118. The summed E-state index contributed by atoms with van der Waals surface area (Å²) in [5.41, 5.74) is 3.06. The number of hydrogen-bond acceptors (Lipinski definition) is 5. The molecule has 3 N–H and O–H groups in total. The van der Waals surface area contributed by atoms with Crippen molar-refractivity contribution in [2.75, 3.05) is 32.8 Å². The van der Waals surface area contributed by atoms with Crippen LogP contribution in [0, 0.1) is 11.3 Å². The molecule has 0 radical (unpaired) electrons. The van der Waals surface area contributed by atoms with Crippen molar-refractivity contribution < 1.29 is 14.3 Å². The van der Waals surface area contributed by atoms with E-state index in [0.29, 0.717) is 59.5 Å². The minimum atomic E-state index is -0.142. The summed E-state index contributed by atoms with van der Waals surface area (Å²) >= 11 is 5.89. The summed E-state index contributed by atoms with van der Waals surface area (Å²) in [5, 5.41) is 15.1. The lowest BCUT2D eigenvalue weighted by atomic mass is 9.92. The van der Waals surface area contributed by atoms with Crippen molar-refractivity contribution in [3.05, 3.63) is 69.9 Å². The second kappa shape index (κ2) is 11.0. The van der Waals surface area contributed by atoms with Gasteiger partial charge in [0.05, 0.1) is 11.8 Å². The number of amides is 2. The molecule has 1 atom stereocenters. The third-order valence-electron chi connectivity index (χ3n) is 6.51. The maximum atomic E-state index is 12.7. The van der Waals surface area contributed by atoms with E-state index in [2.05, 4.69) is 10.6 Å². The Kier molecular flexibility index (Phi) is 7.85. The van der Waals surface area contributed by atoms with E-state index < -0.39 is 0 Å². The minimum Gasteiger partial charge on any atom is -0.390 e. The van der Waals surface area contributed by atoms with E-state index in [1.807, 2.05) is 18.0 Å². The van der Waals surface area contributed by atoms with E-state index in [1.165, 1.54) is 0 Å². The van der Waals surface area contributed by atoms with E-state index in [-0.39, 0.29) is 17.9 Å². The molecule has 0 saturated carbocycles. The third kappa shape index (κ3) is 5.77. The van der Waals surface area contributed by atoms with Crippen LogP contribution in [-0.4, -0.2) is 61.3 Å². The first-order valence-electron chi connectivity index (χ1n) is 11.8. The zero-order valence-electron chi connectivity index (χ0n) is 19.4. The summed E-state index contributed by atoms with van der Waals surface area (Å²) < 4.78 is 5.69. The maximum absolute atomic E-state index is 12.7. The first-order chi connectivity index (χ1) is 16.4. The Hall–Kier alpha value is -2.90. The van der Waals surface area contributed by atoms with Crippen LogP contribution in [0.2, 0.25) is 5.02 Å². The number of ether oxygens (including phenoxy) is 1. The van der Waals surface area contributed by atoms with Crippen LogP contribution in [0.15, 0.2) is 59.3 Å². The second-order valence-electron chi connectivity index (χ2n) is 9.03. The Labute approximate surface area is 205 Å². The molecule has 1 aromatic carbocycles. The van der Waals surface area contributed by atoms with Crippen LogP contribution in [0.4, 0.5) is 0 Å². The van der Waals surface area contributed by atoms with Gasteiger partial charge in [-0.05, 0) is 68.2 Å². The fourth-order valence-corrected chi connectivity index (χ4v) is 4.52. The average Bonchev–Trinajstić information content (AvgIpc) is 2.81. The number of allylic oxidation sites excluding steroid dienone is 3. The first-order valence-corrected chi connectivity index (χ1v) is 12.2. The molecule has 0 spiro atoms. The van der Waals surface area contributed by atoms with Crippen LogP contribution >= 0.6 is 11.6 Å². The molecule has 180 valence electrons. The van der Waals surface area contributed by atoms with Crippen LogP contribution in [-0.2, 0) is 9.53 Å². The van der Waals surface area contributed by atoms with Crippen LogP contribution < -0.4 is 10.6 Å². The second-order valence-corrected chi connectivity index (χ2v) is 9.47. The lowest BCUT2D eigenvalue weighted by Gasteiger charge is -2.39. The summed E-state index contributed by atoms with van der Waals surface area (Å²) in [6.07, 6.45) is 8.43. The molecule has 7 nitrogen and oxygen atoms in total. The Bertz CT molecular complexity index is 1030. The normalized spacial score (nSPS) is 22.1. The number of nitrogens with zero attached hydrogens (tertiary/aromatic N) is 1. The molecule has 2 amide bonds. The highest BCUT2D eigenvalue weighted by Crippen LogP contribution is 2.23. The predicted molar refractivity (Wildman–Crippen MR) is 133 cm³/mol. The molecular formula is C26H31ClN4O3. The standard InChI is InChI=1S/C26H31ClN4O3/c1-17-22(25(32)30-13-21-4-2-3-11-34-21)9-10-24(28)23(17)14-29-12-18-15-31(16-18)26(33)19-5-7-20(27)8-6-19/h5-10,14,18,21,28-29H,2-4,11-13,15-16H2,1H3,(H,30,32)/b23-14-,28-24?/t21-/m0/s1. The van der Waals surface area contributed by atoms with Crippen LogP contribution in [0.1, 0.15) is 36.5 Å². The molecule has 2 aliphatic heterocycles. The van der Waals surface area contributed by atoms with Gasteiger partial charge in [0, 0.05) is 66.6 Å². The molecule has 2 heterocycles. The highest BCUT2D eigenvalue weighted by atomic mass is 35.5. The molecule has 0 bridgehead atoms. The number of hydrogen-bond donors (Lipinski definition) is 3. The molecule has 0 aromatic heterocycles. The van der Waals surface area contributed by atoms with E-state index >= 15 is 0 Å². The monoisotopic (exact) mass is 482 g/mol. The average molecular weight is 483 g/mol. The molecule has 1 aromatic rings. The smallest absolute Gasteiger partial charge is 0.253 e. The largest absolute Gasteiger partial charge is 0.390 e. The topological polar surface area (TPSA) is 94.5 Å². The van der Waals surface area contributed by atoms with Gasteiger partial charge < -0.3 is 25.7 Å². The van der Waals surface area contributed by atoms with E-state index in [9.17, 15) is 9.59 Å². The van der Waals surface area contributed by atoms with Gasteiger partial charge in [-0.1, -0.05) is 11.6 Å². The van der Waals surface area contributed by atoms with Gasteiger partial charge >= 0.3 is 0 Å². The highest BCUT2D eigenvalue weighted by Gasteiger charge is 2.31. The Balaban J connectivity index is 1.27. The third-order valence-corrected chi connectivity index (χ3v) is 6.76. The Morgan fingerprint density at radius 2 is 1.94 bits per heavy atom. The SMILES string of the molecule is CC1=C(C(=O)NC[C@@H]2CCCCO2)C=CC(=N)/C1=C\NCC1CN(C(=O)c2ccc(Cl)cc2)C1. The van der Waals surface area contributed by atoms with Gasteiger partial charge in [0.1, 0.15) is 0 Å². The van der Waals surface area contributed by atoms with Crippen LogP contribution in [0.5, 0.6) is 0 Å². The number of carbonyl (C=O) groups is 2. The fraction of sp³-hybridized carbons (Fsp3) is 0.423. The molecular weight excluding hydrogens is 452 g/mol. The molecule has 0 unspecified atom stereocenters. The summed E-state index contributed by atoms with van der Waals surface area (Å²) in [5.74, 6) is 0.208. The number of benzene rings is 1. The van der Waals surface area contributed by atoms with E-state index in [4.69, 9.17) is 21.7 Å². The van der Waals surface area contributed by atoms with Crippen molar-refractivity contribution >= 4 is 29.1 Å². The lowest BCUT2D eigenvalue weighted by Crippen LogP contribution is -2.52. The van der Waals surface area contributed by atoms with Gasteiger partial charge in [-0.15, -0.1) is 0 Å². The maximum Gasteiger partial charge on any atom is 0.253 e. The van der Waals surface area contributed by atoms with Crippen molar-refractivity contribution in [2.24, 2.45) is 5.92 Å². The van der Waals surface area contributed by atoms with Crippen molar-refractivity contribution in [3.63, 3.8) is 0 Å². The Morgan fingerprint density at radius 3 is 2.65 bits per heavy atom. The molecule has 4 rings (SSSR count). The van der Waals surface area contributed by atoms with Crippen molar-refractivity contribution in [3.8, 4) is 0 Å². The molecule has 8 heteroatoms. The van der Waals surface area contributed by atoms with Crippen molar-refractivity contribution in [1.82, 2.24) is 15.5 Å². The first kappa shape index (κ1) is 24.2. The Morgan fingerprint density at radius 1 is 1.18 bits per heavy atom. The van der Waals surface area contributed by atoms with Gasteiger partial charge in [0.2, 0.25) is 0 Å². The summed E-state index contributed by atoms with van der Waals surface area (Å²) in [7, 11) is 0. The number of likely N-dealkylation sites (tertiary alicyclic amines) is 1. The minimum absolute atomic E-state index is 0.0125. The number of halogens is 1. The van der Waals surface area contributed by atoms with Gasteiger partial charge in [0.15, 0.2) is 0 Å². The van der Waals surface area contributed by atoms with Gasteiger partial charge in [-0.25, -0.2) is 0 Å². The molecule has 3 aliphatic rings. The molecule has 2 saturated heterocycles. The fourth-order valence-electron chi connectivity index (χ4n) is 4.40. The summed E-state index contributed by atoms with van der Waals surface area (Å²) in [6, 6.07) is 6.94. The van der Waals surface area contributed by atoms with Crippen molar-refractivity contribution in [2.45, 2.75) is 32.3 Å². The van der Waals surface area contributed by atoms with E-state index in [1.54, 1.807) is 36.4 Å². The number of rotatable bonds is 7. The summed E-state index contributed by atoms with van der Waals surface area (Å²) in [6.45, 7) is 5.19. The van der Waals surface area contributed by atoms with Gasteiger partial charge in [-0.3, -0.25) is 9.59 Å². The van der Waals surface area contributed by atoms with Gasteiger partial charge in [0.25, 0.3) is 11.8 Å². The molecule has 2 fully saturated rings. The zero-order valence-corrected chi connectivity index (χ0v) is 20.2. The highest BCUT2D eigenvalue weighted by molar-refractivity contribution is 6.30. The van der Waals surface area contributed by atoms with Gasteiger partial charge in [-0.2, -0.15) is 0 Å². The van der Waals surface area contributed by atoms with E-state index in [0.717, 1.165) is 31.4 Å². The van der Waals surface area contributed by atoms with Crippen LogP contribution in [0.3, 0.4) is 0 Å². The van der Waals surface area contributed by atoms with Crippen molar-refractivity contribution in [1.29, 1.82) is 5.41 Å². The zero-order chi connectivity index (χ0) is 24.1. The molecule has 34 heavy (non-hydrogen) atoms. The molecule has 1 aliphatic carbocycles. The number of carbonyl (C=O) groups excluding carboxylic acids is 2. The quantitative estimate of drug-likeness (QED) is 0.554. The number of nitrogens with one attached hydrogen (secondary N) is 3. The summed E-state index contributed by atoms with van der Waals surface area (Å²) in [4.78, 5) is 27.1.